The Kier molecular flexibility index (Phi) is 2.63. The highest BCUT2D eigenvalue weighted by Gasteiger charge is 2.10. The first-order chi connectivity index (χ1) is 6.02. The molecule has 0 bridgehead atoms. The van der Waals surface area contributed by atoms with Crippen molar-refractivity contribution in [2.24, 2.45) is 0 Å². The fourth-order valence-electron chi connectivity index (χ4n) is 0.890. The second-order valence-electron chi connectivity index (χ2n) is 2.49. The molecule has 13 heavy (non-hydrogen) atoms. The van der Waals surface area contributed by atoms with Gasteiger partial charge in [-0.25, -0.2) is 4.79 Å². The zero-order valence-electron chi connectivity index (χ0n) is 6.69. The van der Waals surface area contributed by atoms with Crippen LogP contribution in [0.1, 0.15) is 5.56 Å². The van der Waals surface area contributed by atoms with Crippen molar-refractivity contribution in [2.45, 2.75) is 4.90 Å². The number of phenols is 1. The number of carboxylic acid groups (broad SMARTS) is 1. The Morgan fingerprint density at radius 1 is 1.46 bits per heavy atom. The van der Waals surface area contributed by atoms with E-state index in [1.54, 1.807) is 0 Å². The predicted molar refractivity (Wildman–Crippen MR) is 52.0 cm³/mol. The standard InChI is InChI=1S/C9H8O3S/c1-5(9(11)12)7-3-2-6(10)4-8(7)13/h2-4,10,13H,1H2,(H,11,12). The summed E-state index contributed by atoms with van der Waals surface area (Å²) in [7, 11) is 0. The monoisotopic (exact) mass is 196 g/mol. The van der Waals surface area contributed by atoms with Crippen molar-refractivity contribution in [2.75, 3.05) is 0 Å². The minimum Gasteiger partial charge on any atom is -0.508 e. The molecule has 1 aromatic rings. The summed E-state index contributed by atoms with van der Waals surface area (Å²) < 4.78 is 0. The molecule has 0 amide bonds. The third kappa shape index (κ3) is 2.03. The van der Waals surface area contributed by atoms with Gasteiger partial charge in [-0.05, 0) is 18.2 Å². The summed E-state index contributed by atoms with van der Waals surface area (Å²) in [5.41, 5.74) is 0.374. The van der Waals surface area contributed by atoms with E-state index in [2.05, 4.69) is 19.2 Å². The molecule has 3 nitrogen and oxygen atoms in total. The zero-order chi connectivity index (χ0) is 10.0. The minimum absolute atomic E-state index is 0.0370. The summed E-state index contributed by atoms with van der Waals surface area (Å²) in [6.07, 6.45) is 0. The summed E-state index contributed by atoms with van der Waals surface area (Å²) >= 11 is 4.02. The molecule has 0 aromatic heterocycles. The van der Waals surface area contributed by atoms with E-state index in [4.69, 9.17) is 10.2 Å². The number of benzene rings is 1. The quantitative estimate of drug-likeness (QED) is 0.499. The molecule has 0 aliphatic rings. The van der Waals surface area contributed by atoms with Gasteiger partial charge in [0.05, 0.1) is 5.57 Å². The normalized spacial score (nSPS) is 9.62. The smallest absolute Gasteiger partial charge is 0.335 e. The van der Waals surface area contributed by atoms with Crippen LogP contribution in [0.4, 0.5) is 0 Å². The molecule has 0 aliphatic carbocycles. The molecule has 0 heterocycles. The third-order valence-corrected chi connectivity index (χ3v) is 1.93. The van der Waals surface area contributed by atoms with Crippen LogP contribution in [0.5, 0.6) is 5.75 Å². The zero-order valence-corrected chi connectivity index (χ0v) is 7.58. The van der Waals surface area contributed by atoms with Gasteiger partial charge in [0.25, 0.3) is 0 Å². The first-order valence-electron chi connectivity index (χ1n) is 3.47. The number of carbonyl (C=O) groups is 1. The van der Waals surface area contributed by atoms with Crippen LogP contribution in [0.25, 0.3) is 5.57 Å². The van der Waals surface area contributed by atoms with Crippen molar-refractivity contribution in [3.8, 4) is 5.75 Å². The maximum absolute atomic E-state index is 10.5. The SMILES string of the molecule is C=C(C(=O)O)c1ccc(O)cc1S. The molecule has 4 heteroatoms. The average Bonchev–Trinajstić information content (AvgIpc) is 2.03. The van der Waals surface area contributed by atoms with E-state index in [1.165, 1.54) is 18.2 Å². The third-order valence-electron chi connectivity index (χ3n) is 1.56. The molecule has 0 saturated heterocycles. The highest BCUT2D eigenvalue weighted by Crippen LogP contribution is 2.25. The Morgan fingerprint density at radius 2 is 2.08 bits per heavy atom. The average molecular weight is 196 g/mol. The molecule has 0 aliphatic heterocycles. The Balaban J connectivity index is 3.16. The lowest BCUT2D eigenvalue weighted by Crippen LogP contribution is -1.98. The molecule has 0 spiro atoms. The van der Waals surface area contributed by atoms with Crippen molar-refractivity contribution in [1.29, 1.82) is 0 Å². The molecule has 0 saturated carbocycles. The Morgan fingerprint density at radius 3 is 2.54 bits per heavy atom. The predicted octanol–water partition coefficient (Wildman–Crippen LogP) is 1.78. The highest BCUT2D eigenvalue weighted by molar-refractivity contribution is 7.80. The number of hydrogen-bond acceptors (Lipinski definition) is 3. The van der Waals surface area contributed by atoms with Gasteiger partial charge < -0.3 is 10.2 Å². The van der Waals surface area contributed by atoms with Crippen LogP contribution >= 0.6 is 12.6 Å². The number of rotatable bonds is 2. The lowest BCUT2D eigenvalue weighted by atomic mass is 10.1. The molecule has 68 valence electrons. The van der Waals surface area contributed by atoms with Crippen LogP contribution in [-0.2, 0) is 4.79 Å². The van der Waals surface area contributed by atoms with E-state index >= 15 is 0 Å². The van der Waals surface area contributed by atoms with Crippen molar-refractivity contribution in [3.05, 3.63) is 30.3 Å². The Labute approximate surface area is 80.7 Å². The summed E-state index contributed by atoms with van der Waals surface area (Å²) in [5, 5.41) is 17.7. The van der Waals surface area contributed by atoms with E-state index in [0.717, 1.165) is 0 Å². The van der Waals surface area contributed by atoms with E-state index in [9.17, 15) is 4.79 Å². The summed E-state index contributed by atoms with van der Waals surface area (Å²) in [5.74, 6) is -1.05. The van der Waals surface area contributed by atoms with Gasteiger partial charge >= 0.3 is 5.97 Å². The first-order valence-corrected chi connectivity index (χ1v) is 3.91. The topological polar surface area (TPSA) is 57.5 Å². The van der Waals surface area contributed by atoms with Gasteiger partial charge in [0.2, 0.25) is 0 Å². The maximum Gasteiger partial charge on any atom is 0.335 e. The van der Waals surface area contributed by atoms with Crippen LogP contribution in [-0.4, -0.2) is 16.2 Å². The van der Waals surface area contributed by atoms with E-state index in [-0.39, 0.29) is 11.3 Å². The van der Waals surface area contributed by atoms with E-state index < -0.39 is 5.97 Å². The molecule has 0 unspecified atom stereocenters. The van der Waals surface area contributed by atoms with Crippen molar-refractivity contribution in [3.63, 3.8) is 0 Å². The van der Waals surface area contributed by atoms with Crippen LogP contribution in [0, 0.1) is 0 Å². The van der Waals surface area contributed by atoms with Crippen LogP contribution in [0.15, 0.2) is 29.7 Å². The van der Waals surface area contributed by atoms with Gasteiger partial charge in [-0.2, -0.15) is 0 Å². The fourth-order valence-corrected chi connectivity index (χ4v) is 1.23. The number of carboxylic acids is 1. The number of phenolic OH excluding ortho intramolecular Hbond substituents is 1. The lowest BCUT2D eigenvalue weighted by molar-refractivity contribution is -0.130. The maximum atomic E-state index is 10.5. The Bertz CT molecular complexity index is 371. The van der Waals surface area contributed by atoms with Crippen LogP contribution in [0.3, 0.4) is 0 Å². The number of thiol groups is 1. The van der Waals surface area contributed by atoms with Gasteiger partial charge in [0, 0.05) is 10.5 Å². The second-order valence-corrected chi connectivity index (χ2v) is 2.97. The molecular formula is C9H8O3S. The van der Waals surface area contributed by atoms with E-state index in [1.807, 2.05) is 0 Å². The summed E-state index contributed by atoms with van der Waals surface area (Å²) in [4.78, 5) is 10.9. The van der Waals surface area contributed by atoms with Crippen molar-refractivity contribution < 1.29 is 15.0 Å². The number of aliphatic carboxylic acids is 1. The van der Waals surface area contributed by atoms with Crippen molar-refractivity contribution in [1.82, 2.24) is 0 Å². The largest absolute Gasteiger partial charge is 0.508 e. The van der Waals surface area contributed by atoms with Crippen molar-refractivity contribution >= 4 is 24.2 Å². The van der Waals surface area contributed by atoms with Gasteiger partial charge in [-0.15, -0.1) is 12.6 Å². The molecular weight excluding hydrogens is 188 g/mol. The second kappa shape index (κ2) is 3.53. The first kappa shape index (κ1) is 9.67. The van der Waals surface area contributed by atoms with Gasteiger partial charge in [0.1, 0.15) is 5.75 Å². The lowest BCUT2D eigenvalue weighted by Gasteiger charge is -2.04. The summed E-state index contributed by atoms with van der Waals surface area (Å²) in [6, 6.07) is 4.23. The molecule has 2 N–H and O–H groups in total. The number of hydrogen-bond donors (Lipinski definition) is 3. The highest BCUT2D eigenvalue weighted by atomic mass is 32.1. The van der Waals surface area contributed by atoms with Crippen LogP contribution < -0.4 is 0 Å². The minimum atomic E-state index is -1.10. The fraction of sp³-hybridized carbons (Fsp3) is 0. The van der Waals surface area contributed by atoms with E-state index in [0.29, 0.717) is 10.5 Å². The molecule has 0 radical (unpaired) electrons. The molecule has 0 atom stereocenters. The number of aromatic hydroxyl groups is 1. The molecule has 1 rings (SSSR count). The van der Waals surface area contributed by atoms with Gasteiger partial charge in [0.15, 0.2) is 0 Å². The Hall–Kier alpha value is -1.42. The van der Waals surface area contributed by atoms with Gasteiger partial charge in [-0.1, -0.05) is 6.58 Å². The summed E-state index contributed by atoms with van der Waals surface area (Å²) in [6.45, 7) is 3.38. The van der Waals surface area contributed by atoms with Crippen LogP contribution in [0.2, 0.25) is 0 Å². The van der Waals surface area contributed by atoms with Gasteiger partial charge in [-0.3, -0.25) is 0 Å². The molecule has 0 fully saturated rings. The molecule has 1 aromatic carbocycles.